The Morgan fingerprint density at radius 2 is 1.36 bits per heavy atom. The second kappa shape index (κ2) is 3.81. The minimum absolute atomic E-state index is 0.699. The third kappa shape index (κ3) is 2.86. The summed E-state index contributed by atoms with van der Waals surface area (Å²) in [6.45, 7) is 0. The number of nitriles is 2. The Labute approximate surface area is 79.8 Å². The Kier molecular flexibility index (Phi) is 3.44. The summed E-state index contributed by atoms with van der Waals surface area (Å²) in [6.07, 6.45) is -5.52. The number of hydrogen-bond donors (Lipinski definition) is 0. The molecule has 0 N–H and O–H groups in total. The van der Waals surface area contributed by atoms with Gasteiger partial charge in [-0.1, -0.05) is 0 Å². The van der Waals surface area contributed by atoms with Gasteiger partial charge in [-0.3, -0.25) is 0 Å². The zero-order valence-corrected chi connectivity index (χ0v) is 6.92. The molecule has 0 rings (SSSR count). The van der Waals surface area contributed by atoms with Crippen molar-refractivity contribution in [2.45, 2.75) is 11.6 Å². The van der Waals surface area contributed by atoms with Crippen molar-refractivity contribution in [2.75, 3.05) is 0 Å². The third-order valence-electron chi connectivity index (χ3n) is 1.04. The molecule has 76 valence electrons. The Hall–Kier alpha value is -1.34. The largest absolute Gasteiger partial charge is 0.421 e. The molecular weight excluding hydrogens is 231 g/mol. The molecule has 0 aromatic rings. The highest BCUT2D eigenvalue weighted by molar-refractivity contribution is 6.23. The fraction of sp³-hybridized carbons (Fsp3) is 0.333. The number of rotatable bonds is 1. The maximum absolute atomic E-state index is 12.2. The normalized spacial score (nSPS) is 11.4. The molecule has 0 unspecified atom stereocenters. The van der Waals surface area contributed by atoms with Crippen LogP contribution in [0.1, 0.15) is 0 Å². The van der Waals surface area contributed by atoms with Crippen molar-refractivity contribution in [3.8, 4) is 12.1 Å². The van der Waals surface area contributed by atoms with E-state index in [2.05, 4.69) is 11.6 Å². The monoisotopic (exact) mass is 230 g/mol. The molecule has 0 aliphatic heterocycles. The van der Waals surface area contributed by atoms with Crippen LogP contribution in [0, 0.1) is 22.7 Å². The molecule has 0 bridgehead atoms. The van der Waals surface area contributed by atoms with Gasteiger partial charge in [0.05, 0.1) is 0 Å². The third-order valence-corrected chi connectivity index (χ3v) is 1.23. The first-order chi connectivity index (χ1) is 6.14. The number of alkyl halides is 6. The molecule has 2 nitrogen and oxygen atoms in total. The number of halogens is 6. The minimum Gasteiger partial charge on any atom is -0.192 e. The van der Waals surface area contributed by atoms with E-state index in [1.54, 1.807) is 0 Å². The van der Waals surface area contributed by atoms with Crippen LogP contribution in [0.3, 0.4) is 0 Å². The first-order valence-corrected chi connectivity index (χ1v) is 3.21. The quantitative estimate of drug-likeness (QED) is 0.395. The summed E-state index contributed by atoms with van der Waals surface area (Å²) in [6, 6.07) is 1.40. The van der Waals surface area contributed by atoms with Crippen molar-refractivity contribution in [3.63, 3.8) is 0 Å². The molecule has 8 heteroatoms. The molecular formula is C6ClF5N2. The summed E-state index contributed by atoms with van der Waals surface area (Å²) < 4.78 is 60.1. The fourth-order valence-electron chi connectivity index (χ4n) is 0.581. The van der Waals surface area contributed by atoms with Crippen LogP contribution >= 0.6 is 11.6 Å². The molecule has 0 heterocycles. The predicted molar refractivity (Wildman–Crippen MR) is 35.1 cm³/mol. The molecule has 0 saturated heterocycles. The molecule has 0 fully saturated rings. The van der Waals surface area contributed by atoms with Crippen molar-refractivity contribution in [3.05, 3.63) is 11.1 Å². The van der Waals surface area contributed by atoms with Gasteiger partial charge in [0, 0.05) is 0 Å². The summed E-state index contributed by atoms with van der Waals surface area (Å²) in [5.74, 6) is 0. The average Bonchev–Trinajstić information content (AvgIpc) is 1.94. The minimum atomic E-state index is -5.52. The molecule has 0 aliphatic rings. The highest BCUT2D eigenvalue weighted by Gasteiger charge is 2.51. The maximum atomic E-state index is 12.2. The molecule has 0 aliphatic carbocycles. The van der Waals surface area contributed by atoms with Crippen LogP contribution in [-0.4, -0.2) is 11.6 Å². The smallest absolute Gasteiger partial charge is 0.192 e. The molecule has 0 amide bonds. The lowest BCUT2D eigenvalue weighted by atomic mass is 10.1. The van der Waals surface area contributed by atoms with E-state index in [1.165, 1.54) is 0 Å². The van der Waals surface area contributed by atoms with Crippen LogP contribution in [0.2, 0.25) is 0 Å². The van der Waals surface area contributed by atoms with Gasteiger partial charge in [-0.2, -0.15) is 32.5 Å². The summed E-state index contributed by atoms with van der Waals surface area (Å²) in [7, 11) is 0. The summed E-state index contributed by atoms with van der Waals surface area (Å²) in [4.78, 5) is 0. The molecule has 0 radical (unpaired) electrons. The zero-order chi connectivity index (χ0) is 11.6. The summed E-state index contributed by atoms with van der Waals surface area (Å²) in [5.41, 5.74) is -4.39. The highest BCUT2D eigenvalue weighted by Crippen LogP contribution is 2.41. The Morgan fingerprint density at radius 1 is 1.00 bits per heavy atom. The number of hydrogen-bond acceptors (Lipinski definition) is 2. The lowest BCUT2D eigenvalue weighted by Gasteiger charge is -2.15. The lowest BCUT2D eigenvalue weighted by molar-refractivity contribution is -0.114. The average molecular weight is 231 g/mol. The van der Waals surface area contributed by atoms with Crippen molar-refractivity contribution < 1.29 is 22.0 Å². The molecule has 0 atom stereocenters. The maximum Gasteiger partial charge on any atom is 0.421 e. The van der Waals surface area contributed by atoms with Crippen molar-refractivity contribution in [1.82, 2.24) is 0 Å². The SMILES string of the molecule is N#CC(C#N)=C(C(F)(F)F)C(F)(F)Cl. The van der Waals surface area contributed by atoms with Crippen LogP contribution in [0.15, 0.2) is 11.1 Å². The van der Waals surface area contributed by atoms with Gasteiger partial charge < -0.3 is 0 Å². The van der Waals surface area contributed by atoms with E-state index in [9.17, 15) is 22.0 Å². The second-order valence-corrected chi connectivity index (χ2v) is 2.44. The van der Waals surface area contributed by atoms with Gasteiger partial charge in [0.25, 0.3) is 0 Å². The van der Waals surface area contributed by atoms with Gasteiger partial charge in [0.15, 0.2) is 0 Å². The zero-order valence-electron chi connectivity index (χ0n) is 6.16. The van der Waals surface area contributed by atoms with Crippen molar-refractivity contribution in [2.24, 2.45) is 0 Å². The van der Waals surface area contributed by atoms with Crippen LogP contribution in [0.25, 0.3) is 0 Å². The van der Waals surface area contributed by atoms with Gasteiger partial charge in [-0.15, -0.1) is 0 Å². The van der Waals surface area contributed by atoms with E-state index >= 15 is 0 Å². The topological polar surface area (TPSA) is 47.6 Å². The standard InChI is InChI=1S/C6ClF5N2/c7-5(8,9)4(6(10,11)12)3(1-13)2-14. The van der Waals surface area contributed by atoms with Gasteiger partial charge in [0.2, 0.25) is 0 Å². The predicted octanol–water partition coefficient (Wildman–Crippen LogP) is 2.72. The number of allylic oxidation sites excluding steroid dienone is 2. The second-order valence-electron chi connectivity index (χ2n) is 1.97. The highest BCUT2D eigenvalue weighted by atomic mass is 35.5. The first-order valence-electron chi connectivity index (χ1n) is 2.83. The van der Waals surface area contributed by atoms with Gasteiger partial charge in [0.1, 0.15) is 23.3 Å². The molecule has 14 heavy (non-hydrogen) atoms. The van der Waals surface area contributed by atoms with Gasteiger partial charge in [-0.25, -0.2) is 0 Å². The van der Waals surface area contributed by atoms with Gasteiger partial charge >= 0.3 is 11.6 Å². The molecule has 0 aromatic carbocycles. The fourth-order valence-corrected chi connectivity index (χ4v) is 0.783. The molecule has 0 spiro atoms. The van der Waals surface area contributed by atoms with E-state index in [0.29, 0.717) is 12.1 Å². The Bertz CT molecular complexity index is 305. The van der Waals surface area contributed by atoms with E-state index in [0.717, 1.165) is 0 Å². The summed E-state index contributed by atoms with van der Waals surface area (Å²) in [5, 5.41) is 11.2. The van der Waals surface area contributed by atoms with E-state index in [1.807, 2.05) is 0 Å². The Balaban J connectivity index is 5.74. The van der Waals surface area contributed by atoms with E-state index in [4.69, 9.17) is 10.5 Å². The van der Waals surface area contributed by atoms with Crippen LogP contribution in [0.4, 0.5) is 22.0 Å². The van der Waals surface area contributed by atoms with Crippen molar-refractivity contribution >= 4 is 11.6 Å². The van der Waals surface area contributed by atoms with E-state index in [-0.39, 0.29) is 0 Å². The molecule has 0 aromatic heterocycles. The number of nitrogens with zero attached hydrogens (tertiary/aromatic N) is 2. The Morgan fingerprint density at radius 3 is 1.43 bits per heavy atom. The van der Waals surface area contributed by atoms with E-state index < -0.39 is 22.7 Å². The van der Waals surface area contributed by atoms with Crippen LogP contribution in [0.5, 0.6) is 0 Å². The van der Waals surface area contributed by atoms with Gasteiger partial charge in [-0.05, 0) is 11.6 Å². The summed E-state index contributed by atoms with van der Waals surface area (Å²) >= 11 is 4.12. The van der Waals surface area contributed by atoms with Crippen LogP contribution < -0.4 is 0 Å². The lowest BCUT2D eigenvalue weighted by Crippen LogP contribution is -2.26. The first kappa shape index (κ1) is 12.7. The molecule has 0 saturated carbocycles. The van der Waals surface area contributed by atoms with Crippen LogP contribution in [-0.2, 0) is 0 Å². The van der Waals surface area contributed by atoms with Crippen molar-refractivity contribution in [1.29, 1.82) is 10.5 Å².